The molecule has 0 bridgehead atoms. The molecule has 1 atom stereocenters. The predicted molar refractivity (Wildman–Crippen MR) is 149 cm³/mol. The van der Waals surface area contributed by atoms with Crippen LogP contribution in [-0.4, -0.2) is 45.9 Å². The van der Waals surface area contributed by atoms with Crippen molar-refractivity contribution in [2.24, 2.45) is 5.10 Å². The Bertz CT molecular complexity index is 1400. The van der Waals surface area contributed by atoms with Gasteiger partial charge in [0.1, 0.15) is 12.3 Å². The van der Waals surface area contributed by atoms with Crippen LogP contribution in [0.3, 0.4) is 0 Å². The molecule has 200 valence electrons. The van der Waals surface area contributed by atoms with Crippen LogP contribution in [0.2, 0.25) is 10.0 Å². The molecular formula is C26H26Cl2N4O5S. The summed E-state index contributed by atoms with van der Waals surface area (Å²) in [5.41, 5.74) is 4.00. The number of anilines is 1. The number of ether oxygens (including phenoxy) is 1. The van der Waals surface area contributed by atoms with Gasteiger partial charge in [0.25, 0.3) is 11.8 Å². The minimum atomic E-state index is -3.83. The molecule has 9 nitrogen and oxygen atoms in total. The molecular weight excluding hydrogens is 551 g/mol. The smallest absolute Gasteiger partial charge is 0.260 e. The first-order valence-corrected chi connectivity index (χ1v) is 13.9. The average molecular weight is 577 g/mol. The Kier molecular flexibility index (Phi) is 10.1. The van der Waals surface area contributed by atoms with Gasteiger partial charge in [0.05, 0.1) is 29.2 Å². The van der Waals surface area contributed by atoms with Crippen molar-refractivity contribution < 1.29 is 22.7 Å². The summed E-state index contributed by atoms with van der Waals surface area (Å²) in [6, 6.07) is 20.4. The maximum absolute atomic E-state index is 12.4. The number of carbonyl (C=O) groups is 2. The van der Waals surface area contributed by atoms with Crippen molar-refractivity contribution in [2.45, 2.75) is 13.0 Å². The number of hydrogen-bond donors (Lipinski definition) is 2. The molecule has 3 aromatic rings. The third-order valence-corrected chi connectivity index (χ3v) is 6.88. The summed E-state index contributed by atoms with van der Waals surface area (Å²) in [4.78, 5) is 24.5. The number of amides is 2. The Morgan fingerprint density at radius 3 is 2.37 bits per heavy atom. The van der Waals surface area contributed by atoms with Crippen LogP contribution in [-0.2, 0) is 19.6 Å². The Morgan fingerprint density at radius 2 is 1.71 bits per heavy atom. The van der Waals surface area contributed by atoms with Gasteiger partial charge in [-0.15, -0.1) is 0 Å². The summed E-state index contributed by atoms with van der Waals surface area (Å²) in [6.45, 7) is 1.20. The highest BCUT2D eigenvalue weighted by molar-refractivity contribution is 7.92. The molecule has 0 radical (unpaired) electrons. The van der Waals surface area contributed by atoms with Crippen LogP contribution in [0, 0.1) is 0 Å². The summed E-state index contributed by atoms with van der Waals surface area (Å²) >= 11 is 12.1. The van der Waals surface area contributed by atoms with Crippen molar-refractivity contribution >= 4 is 56.9 Å². The lowest BCUT2D eigenvalue weighted by molar-refractivity contribution is -0.123. The second-order valence-corrected chi connectivity index (χ2v) is 11.0. The fourth-order valence-corrected chi connectivity index (χ4v) is 4.61. The lowest BCUT2D eigenvalue weighted by atomic mass is 10.1. The van der Waals surface area contributed by atoms with E-state index in [0.29, 0.717) is 11.3 Å². The van der Waals surface area contributed by atoms with E-state index in [4.69, 9.17) is 27.9 Å². The largest absolute Gasteiger partial charge is 0.484 e. The maximum Gasteiger partial charge on any atom is 0.260 e. The first-order valence-electron chi connectivity index (χ1n) is 11.3. The number of rotatable bonds is 11. The molecule has 0 aliphatic rings. The summed E-state index contributed by atoms with van der Waals surface area (Å²) in [5, 5.41) is 7.14. The molecule has 0 unspecified atom stereocenters. The normalized spacial score (nSPS) is 12.1. The van der Waals surface area contributed by atoms with Gasteiger partial charge in [0, 0.05) is 5.02 Å². The number of benzene rings is 3. The van der Waals surface area contributed by atoms with E-state index < -0.39 is 22.5 Å². The molecule has 0 fully saturated rings. The SMILES string of the molecule is C[C@@H](NC(=O)COc1ccc(/C=N\NC(=O)CN(c2cc(Cl)ccc2Cl)S(C)(=O)=O)cc1)c1ccccc1. The minimum Gasteiger partial charge on any atom is -0.484 e. The molecule has 3 rings (SSSR count). The highest BCUT2D eigenvalue weighted by Crippen LogP contribution is 2.30. The zero-order chi connectivity index (χ0) is 27.7. The van der Waals surface area contributed by atoms with E-state index in [0.717, 1.165) is 16.1 Å². The van der Waals surface area contributed by atoms with Crippen molar-refractivity contribution in [3.05, 3.63) is 94.0 Å². The van der Waals surface area contributed by atoms with E-state index in [9.17, 15) is 18.0 Å². The van der Waals surface area contributed by atoms with Gasteiger partial charge in [-0.05, 0) is 60.5 Å². The Labute approximate surface area is 231 Å². The molecule has 12 heteroatoms. The third-order valence-electron chi connectivity index (χ3n) is 5.19. The summed E-state index contributed by atoms with van der Waals surface area (Å²) < 4.78 is 30.9. The highest BCUT2D eigenvalue weighted by atomic mass is 35.5. The van der Waals surface area contributed by atoms with Gasteiger partial charge in [-0.25, -0.2) is 13.8 Å². The monoisotopic (exact) mass is 576 g/mol. The van der Waals surface area contributed by atoms with Gasteiger partial charge in [-0.1, -0.05) is 53.5 Å². The second-order valence-electron chi connectivity index (χ2n) is 8.22. The van der Waals surface area contributed by atoms with Crippen LogP contribution >= 0.6 is 23.2 Å². The zero-order valence-corrected chi connectivity index (χ0v) is 22.9. The second kappa shape index (κ2) is 13.3. The molecule has 0 saturated heterocycles. The third kappa shape index (κ3) is 8.76. The molecule has 38 heavy (non-hydrogen) atoms. The van der Waals surface area contributed by atoms with E-state index in [1.807, 2.05) is 37.3 Å². The topological polar surface area (TPSA) is 117 Å². The van der Waals surface area contributed by atoms with Crippen molar-refractivity contribution in [1.29, 1.82) is 0 Å². The van der Waals surface area contributed by atoms with Gasteiger partial charge in [-0.2, -0.15) is 5.10 Å². The van der Waals surface area contributed by atoms with Crippen LogP contribution in [0.25, 0.3) is 0 Å². The van der Waals surface area contributed by atoms with Crippen molar-refractivity contribution in [2.75, 3.05) is 23.7 Å². The molecule has 0 aliphatic carbocycles. The van der Waals surface area contributed by atoms with Crippen molar-refractivity contribution in [3.8, 4) is 5.75 Å². The molecule has 0 heterocycles. The number of halogens is 2. The number of sulfonamides is 1. The molecule has 0 spiro atoms. The molecule has 3 aromatic carbocycles. The Morgan fingerprint density at radius 1 is 1.03 bits per heavy atom. The molecule has 0 aliphatic heterocycles. The fourth-order valence-electron chi connectivity index (χ4n) is 3.31. The van der Waals surface area contributed by atoms with Gasteiger partial charge < -0.3 is 10.1 Å². The van der Waals surface area contributed by atoms with Gasteiger partial charge in [-0.3, -0.25) is 13.9 Å². The molecule has 2 amide bonds. The van der Waals surface area contributed by atoms with Crippen LogP contribution in [0.4, 0.5) is 5.69 Å². The van der Waals surface area contributed by atoms with E-state index >= 15 is 0 Å². The van der Waals surface area contributed by atoms with Crippen molar-refractivity contribution in [3.63, 3.8) is 0 Å². The predicted octanol–water partition coefficient (Wildman–Crippen LogP) is 4.17. The lowest BCUT2D eigenvalue weighted by Gasteiger charge is -2.22. The quantitative estimate of drug-likeness (QED) is 0.262. The molecule has 0 saturated carbocycles. The first kappa shape index (κ1) is 29.0. The number of nitrogens with zero attached hydrogens (tertiary/aromatic N) is 2. The Hall–Kier alpha value is -3.60. The van der Waals surface area contributed by atoms with Gasteiger partial charge >= 0.3 is 0 Å². The number of nitrogens with one attached hydrogen (secondary N) is 2. The van der Waals surface area contributed by atoms with Crippen LogP contribution in [0.15, 0.2) is 77.9 Å². The van der Waals surface area contributed by atoms with Gasteiger partial charge in [0.2, 0.25) is 10.0 Å². The molecule has 0 aromatic heterocycles. The zero-order valence-electron chi connectivity index (χ0n) is 20.6. The number of hydrogen-bond acceptors (Lipinski definition) is 6. The molecule has 2 N–H and O–H groups in total. The summed E-state index contributed by atoms with van der Waals surface area (Å²) in [6.07, 6.45) is 2.34. The fraction of sp³-hybridized carbons (Fsp3) is 0.192. The van der Waals surface area contributed by atoms with Gasteiger partial charge in [0.15, 0.2) is 6.61 Å². The minimum absolute atomic E-state index is 0.0830. The number of hydrazone groups is 1. The average Bonchev–Trinajstić information content (AvgIpc) is 2.88. The Balaban J connectivity index is 1.50. The summed E-state index contributed by atoms with van der Waals surface area (Å²) in [7, 11) is -3.83. The van der Waals surface area contributed by atoms with E-state index in [-0.39, 0.29) is 34.3 Å². The van der Waals surface area contributed by atoms with Crippen LogP contribution in [0.5, 0.6) is 5.75 Å². The van der Waals surface area contributed by atoms with E-state index in [1.54, 1.807) is 24.3 Å². The number of carbonyl (C=O) groups excluding carboxylic acids is 2. The highest BCUT2D eigenvalue weighted by Gasteiger charge is 2.23. The van der Waals surface area contributed by atoms with Crippen LogP contribution < -0.4 is 19.8 Å². The van der Waals surface area contributed by atoms with E-state index in [1.165, 1.54) is 24.4 Å². The summed E-state index contributed by atoms with van der Waals surface area (Å²) in [5.74, 6) is -0.453. The lowest BCUT2D eigenvalue weighted by Crippen LogP contribution is -2.39. The first-order chi connectivity index (χ1) is 18.0. The van der Waals surface area contributed by atoms with E-state index in [2.05, 4.69) is 15.8 Å². The van der Waals surface area contributed by atoms with Crippen LogP contribution in [0.1, 0.15) is 24.1 Å². The standard InChI is InChI=1S/C26H26Cl2N4O5S/c1-18(20-6-4-3-5-7-20)30-26(34)17-37-22-11-8-19(9-12-22)15-29-31-25(33)16-32(38(2,35)36)24-14-21(27)10-13-23(24)28/h3-15,18H,16-17H2,1-2H3,(H,30,34)(H,31,33)/b29-15-/t18-/m1/s1. The van der Waals surface area contributed by atoms with Crippen molar-refractivity contribution in [1.82, 2.24) is 10.7 Å². The maximum atomic E-state index is 12.4.